The fourth-order valence-corrected chi connectivity index (χ4v) is 4.95. The standard InChI is InChI=1S/C24H36FNO4/c1-24(2,3)30-23(28)26-19(14-16-8-11-20(29-4)12-9-16)10-13-21(26)22(27)17-6-5-7-18(25)15-17/h5-7,15-16,19-22,27H,8-14H2,1-4H3/t16?,19-,20?,21+,22-/m0/s1. The number of likely N-dealkylation sites (tertiary alicyclic amines) is 1. The highest BCUT2D eigenvalue weighted by Gasteiger charge is 2.43. The molecule has 1 amide bonds. The van der Waals surface area contributed by atoms with Gasteiger partial charge >= 0.3 is 6.09 Å². The number of ether oxygens (including phenoxy) is 2. The fraction of sp³-hybridized carbons (Fsp3) is 0.708. The number of halogens is 1. The summed E-state index contributed by atoms with van der Waals surface area (Å²) in [5.41, 5.74) is -0.121. The Bertz CT molecular complexity index is 711. The van der Waals surface area contributed by atoms with Gasteiger partial charge in [-0.25, -0.2) is 9.18 Å². The van der Waals surface area contributed by atoms with Crippen LogP contribution in [0.5, 0.6) is 0 Å². The summed E-state index contributed by atoms with van der Waals surface area (Å²) in [4.78, 5) is 14.9. The molecule has 1 aliphatic heterocycles. The molecule has 1 heterocycles. The van der Waals surface area contributed by atoms with Crippen LogP contribution >= 0.6 is 0 Å². The minimum Gasteiger partial charge on any atom is -0.444 e. The molecule has 1 aromatic carbocycles. The van der Waals surface area contributed by atoms with Crippen molar-refractivity contribution in [2.75, 3.05) is 7.11 Å². The SMILES string of the molecule is COC1CCC(C[C@@H]2CC[C@H]([C@@H](O)c3cccc(F)c3)N2C(=O)OC(C)(C)C)CC1. The predicted molar refractivity (Wildman–Crippen MR) is 114 cm³/mol. The van der Waals surface area contributed by atoms with Gasteiger partial charge in [-0.15, -0.1) is 0 Å². The lowest BCUT2D eigenvalue weighted by Crippen LogP contribution is -2.47. The van der Waals surface area contributed by atoms with Gasteiger partial charge in [0, 0.05) is 13.2 Å². The number of methoxy groups -OCH3 is 1. The number of aliphatic hydroxyl groups excluding tert-OH is 1. The van der Waals surface area contributed by atoms with Crippen molar-refractivity contribution in [3.8, 4) is 0 Å². The van der Waals surface area contributed by atoms with E-state index in [2.05, 4.69) is 0 Å². The van der Waals surface area contributed by atoms with Crippen molar-refractivity contribution >= 4 is 6.09 Å². The van der Waals surface area contributed by atoms with E-state index in [9.17, 15) is 14.3 Å². The number of amides is 1. The van der Waals surface area contributed by atoms with Crippen molar-refractivity contribution in [3.05, 3.63) is 35.6 Å². The van der Waals surface area contributed by atoms with Crippen molar-refractivity contribution in [2.45, 2.75) is 95.6 Å². The molecule has 1 aliphatic carbocycles. The monoisotopic (exact) mass is 421 g/mol. The van der Waals surface area contributed by atoms with Crippen LogP contribution in [0.2, 0.25) is 0 Å². The van der Waals surface area contributed by atoms with E-state index in [1.54, 1.807) is 24.1 Å². The minimum atomic E-state index is -0.942. The molecule has 3 rings (SSSR count). The van der Waals surface area contributed by atoms with Gasteiger partial charge in [-0.05, 0) is 89.3 Å². The molecular weight excluding hydrogens is 385 g/mol. The van der Waals surface area contributed by atoms with Crippen molar-refractivity contribution in [2.24, 2.45) is 5.92 Å². The Morgan fingerprint density at radius 3 is 2.50 bits per heavy atom. The van der Waals surface area contributed by atoms with Crippen LogP contribution in [0.1, 0.15) is 77.4 Å². The van der Waals surface area contributed by atoms with Gasteiger partial charge < -0.3 is 14.6 Å². The first-order valence-electron chi connectivity index (χ1n) is 11.2. The number of rotatable bonds is 5. The maximum Gasteiger partial charge on any atom is 0.410 e. The normalized spacial score (nSPS) is 28.4. The lowest BCUT2D eigenvalue weighted by molar-refractivity contribution is -0.00898. The largest absolute Gasteiger partial charge is 0.444 e. The van der Waals surface area contributed by atoms with Crippen molar-refractivity contribution in [1.82, 2.24) is 4.90 Å². The molecule has 1 saturated carbocycles. The van der Waals surface area contributed by atoms with E-state index in [1.807, 2.05) is 20.8 Å². The number of carbonyl (C=O) groups is 1. The molecule has 0 aromatic heterocycles. The van der Waals surface area contributed by atoms with Crippen molar-refractivity contribution < 1.29 is 23.8 Å². The topological polar surface area (TPSA) is 59.0 Å². The number of aliphatic hydroxyl groups is 1. The average molecular weight is 422 g/mol. The van der Waals surface area contributed by atoms with Crippen LogP contribution in [0.3, 0.4) is 0 Å². The van der Waals surface area contributed by atoms with E-state index in [1.165, 1.54) is 12.1 Å². The maximum atomic E-state index is 13.7. The Hall–Kier alpha value is -1.66. The Labute approximate surface area is 179 Å². The lowest BCUT2D eigenvalue weighted by Gasteiger charge is -2.37. The molecule has 0 unspecified atom stereocenters. The van der Waals surface area contributed by atoms with Crippen molar-refractivity contribution in [3.63, 3.8) is 0 Å². The quantitative estimate of drug-likeness (QED) is 0.708. The second-order valence-electron chi connectivity index (χ2n) is 9.80. The molecule has 0 radical (unpaired) electrons. The summed E-state index contributed by atoms with van der Waals surface area (Å²) in [6.45, 7) is 5.54. The van der Waals surface area contributed by atoms with Gasteiger partial charge in [0.1, 0.15) is 11.4 Å². The highest BCUT2D eigenvalue weighted by Crippen LogP contribution is 2.39. The maximum absolute atomic E-state index is 13.7. The van der Waals surface area contributed by atoms with Gasteiger partial charge in [-0.3, -0.25) is 4.90 Å². The second kappa shape index (κ2) is 9.65. The molecule has 2 aliphatic rings. The van der Waals surface area contributed by atoms with Crippen LogP contribution in [-0.4, -0.2) is 47.0 Å². The minimum absolute atomic E-state index is 0.0251. The zero-order valence-electron chi connectivity index (χ0n) is 18.6. The number of benzene rings is 1. The number of hydrogen-bond acceptors (Lipinski definition) is 4. The molecule has 1 N–H and O–H groups in total. The molecule has 1 saturated heterocycles. The molecule has 168 valence electrons. The predicted octanol–water partition coefficient (Wildman–Crippen LogP) is 5.22. The summed E-state index contributed by atoms with van der Waals surface area (Å²) in [5, 5.41) is 11.0. The third kappa shape index (κ3) is 5.73. The van der Waals surface area contributed by atoms with Crippen LogP contribution < -0.4 is 0 Å². The van der Waals surface area contributed by atoms with Crippen LogP contribution in [0.25, 0.3) is 0 Å². The van der Waals surface area contributed by atoms with Crippen LogP contribution in [-0.2, 0) is 9.47 Å². The Morgan fingerprint density at radius 1 is 1.20 bits per heavy atom. The second-order valence-corrected chi connectivity index (χ2v) is 9.80. The summed E-state index contributed by atoms with van der Waals surface area (Å²) in [6.07, 6.45) is 5.69. The van der Waals surface area contributed by atoms with Gasteiger partial charge in [0.25, 0.3) is 0 Å². The number of hydrogen-bond donors (Lipinski definition) is 1. The molecule has 0 bridgehead atoms. The Morgan fingerprint density at radius 2 is 1.90 bits per heavy atom. The van der Waals surface area contributed by atoms with E-state index in [-0.39, 0.29) is 11.9 Å². The first-order chi connectivity index (χ1) is 14.2. The van der Waals surface area contributed by atoms with Gasteiger partial charge in [-0.2, -0.15) is 0 Å². The zero-order chi connectivity index (χ0) is 21.9. The first kappa shape index (κ1) is 23.0. The van der Waals surface area contributed by atoms with E-state index < -0.39 is 23.8 Å². The molecular formula is C24H36FNO4. The van der Waals surface area contributed by atoms with E-state index >= 15 is 0 Å². The van der Waals surface area contributed by atoms with E-state index in [4.69, 9.17) is 9.47 Å². The molecule has 30 heavy (non-hydrogen) atoms. The molecule has 6 heteroatoms. The van der Waals surface area contributed by atoms with E-state index in [0.29, 0.717) is 24.0 Å². The van der Waals surface area contributed by atoms with Gasteiger partial charge in [-0.1, -0.05) is 12.1 Å². The summed E-state index contributed by atoms with van der Waals surface area (Å²) >= 11 is 0. The van der Waals surface area contributed by atoms with E-state index in [0.717, 1.165) is 38.5 Å². The highest BCUT2D eigenvalue weighted by molar-refractivity contribution is 5.69. The van der Waals surface area contributed by atoms with Crippen LogP contribution in [0.15, 0.2) is 24.3 Å². The van der Waals surface area contributed by atoms with Gasteiger partial charge in [0.2, 0.25) is 0 Å². The summed E-state index contributed by atoms with van der Waals surface area (Å²) in [6, 6.07) is 5.61. The smallest absolute Gasteiger partial charge is 0.410 e. The average Bonchev–Trinajstić information content (AvgIpc) is 3.10. The van der Waals surface area contributed by atoms with Crippen LogP contribution in [0.4, 0.5) is 9.18 Å². The van der Waals surface area contributed by atoms with Gasteiger partial charge in [0.05, 0.1) is 18.2 Å². The fourth-order valence-electron chi connectivity index (χ4n) is 4.95. The third-order valence-electron chi connectivity index (χ3n) is 6.44. The highest BCUT2D eigenvalue weighted by atomic mass is 19.1. The molecule has 2 fully saturated rings. The lowest BCUT2D eigenvalue weighted by atomic mass is 9.83. The molecule has 5 nitrogen and oxygen atoms in total. The number of nitrogens with zero attached hydrogens (tertiary/aromatic N) is 1. The van der Waals surface area contributed by atoms with Crippen molar-refractivity contribution in [1.29, 1.82) is 0 Å². The third-order valence-corrected chi connectivity index (χ3v) is 6.44. The summed E-state index contributed by atoms with van der Waals surface area (Å²) < 4.78 is 24.9. The molecule has 0 spiro atoms. The van der Waals surface area contributed by atoms with Gasteiger partial charge in [0.15, 0.2) is 0 Å². The number of carbonyl (C=O) groups excluding carboxylic acids is 1. The first-order valence-corrected chi connectivity index (χ1v) is 11.2. The molecule has 3 atom stereocenters. The summed E-state index contributed by atoms with van der Waals surface area (Å²) in [7, 11) is 1.77. The molecule has 1 aromatic rings. The Balaban J connectivity index is 1.76. The Kier molecular flexibility index (Phi) is 7.40. The zero-order valence-corrected chi connectivity index (χ0v) is 18.6. The summed E-state index contributed by atoms with van der Waals surface area (Å²) in [5.74, 6) is 0.149. The van der Waals surface area contributed by atoms with Crippen LogP contribution in [0, 0.1) is 11.7 Å².